The van der Waals surface area contributed by atoms with Crippen LogP contribution >= 0.6 is 11.8 Å². The summed E-state index contributed by atoms with van der Waals surface area (Å²) in [5, 5.41) is 14.0. The van der Waals surface area contributed by atoms with Gasteiger partial charge < -0.3 is 33.7 Å². The van der Waals surface area contributed by atoms with Crippen LogP contribution in [0.3, 0.4) is 0 Å². The lowest BCUT2D eigenvalue weighted by molar-refractivity contribution is -0.237. The zero-order valence-corrected chi connectivity index (χ0v) is 25.0. The molecular weight excluding hydrogens is 568 g/mol. The molecule has 1 aromatic carbocycles. The van der Waals surface area contributed by atoms with Crippen LogP contribution in [0.4, 0.5) is 0 Å². The van der Waals surface area contributed by atoms with Gasteiger partial charge in [0, 0.05) is 39.3 Å². The average molecular weight is 603 g/mol. The topological polar surface area (TPSA) is 159 Å². The highest BCUT2D eigenvalue weighted by atomic mass is 32.2. The van der Waals surface area contributed by atoms with E-state index in [-0.39, 0.29) is 6.61 Å². The molecule has 0 bridgehead atoms. The zero-order chi connectivity index (χ0) is 31.0. The van der Waals surface area contributed by atoms with Crippen LogP contribution < -0.4 is 10.1 Å². The molecule has 2 heterocycles. The Bertz CT molecular complexity index is 1290. The second-order valence-corrected chi connectivity index (χ2v) is 10.6. The number of ether oxygens (including phenoxy) is 6. The molecule has 0 saturated carbocycles. The van der Waals surface area contributed by atoms with Gasteiger partial charge in [-0.2, -0.15) is 5.26 Å². The lowest BCUT2D eigenvalue weighted by Gasteiger charge is -2.44. The minimum Gasteiger partial charge on any atom is -0.497 e. The van der Waals surface area contributed by atoms with Crippen LogP contribution in [-0.4, -0.2) is 67.4 Å². The fourth-order valence-electron chi connectivity index (χ4n) is 4.57. The molecule has 1 N–H and O–H groups in total. The van der Waals surface area contributed by atoms with Crippen LogP contribution in [-0.2, 0) is 42.9 Å². The molecule has 6 atom stereocenters. The molecule has 12 nitrogen and oxygen atoms in total. The van der Waals surface area contributed by atoms with E-state index in [1.807, 2.05) is 25.1 Å². The Labute approximate surface area is 248 Å². The molecule has 0 aliphatic carbocycles. The molecule has 2 aliphatic heterocycles. The number of nitrogens with one attached hydrogen (secondary N) is 1. The Hall–Kier alpha value is -4.02. The first-order valence-corrected chi connectivity index (χ1v) is 14.1. The van der Waals surface area contributed by atoms with E-state index in [1.54, 1.807) is 19.2 Å². The van der Waals surface area contributed by atoms with Gasteiger partial charge in [-0.1, -0.05) is 36.9 Å². The van der Waals surface area contributed by atoms with Crippen molar-refractivity contribution in [3.8, 4) is 11.8 Å². The van der Waals surface area contributed by atoms with Crippen molar-refractivity contribution in [2.75, 3.05) is 13.7 Å². The zero-order valence-electron chi connectivity index (χ0n) is 24.2. The first-order valence-electron chi connectivity index (χ1n) is 13.2. The number of benzene rings is 1. The van der Waals surface area contributed by atoms with Crippen LogP contribution in [0.25, 0.3) is 0 Å². The van der Waals surface area contributed by atoms with Crippen molar-refractivity contribution >= 4 is 35.6 Å². The number of rotatable bonds is 10. The Morgan fingerprint density at radius 2 is 1.52 bits per heavy atom. The molecular formula is C29H34N2O10S. The maximum Gasteiger partial charge on any atom is 0.303 e. The van der Waals surface area contributed by atoms with Gasteiger partial charge in [0.05, 0.1) is 23.8 Å². The van der Waals surface area contributed by atoms with Crippen LogP contribution in [0.15, 0.2) is 46.6 Å². The van der Waals surface area contributed by atoms with Crippen LogP contribution in [0, 0.1) is 11.3 Å². The molecule has 1 aromatic rings. The Morgan fingerprint density at radius 3 is 2.05 bits per heavy atom. The lowest BCUT2D eigenvalue weighted by Crippen LogP contribution is -2.61. The Balaban J connectivity index is 2.08. The molecule has 0 radical (unpaired) electrons. The van der Waals surface area contributed by atoms with Gasteiger partial charge in [0.2, 0.25) is 0 Å². The average Bonchev–Trinajstić information content (AvgIpc) is 2.94. The molecule has 1 saturated heterocycles. The third-order valence-electron chi connectivity index (χ3n) is 6.36. The van der Waals surface area contributed by atoms with Gasteiger partial charge in [-0.25, -0.2) is 0 Å². The summed E-state index contributed by atoms with van der Waals surface area (Å²) in [5.74, 6) is -2.51. The molecule has 3 rings (SSSR count). The number of carbonyl (C=O) groups excluding carboxylic acids is 4. The third-order valence-corrected chi connectivity index (χ3v) is 7.53. The van der Waals surface area contributed by atoms with E-state index in [2.05, 4.69) is 11.4 Å². The van der Waals surface area contributed by atoms with Gasteiger partial charge in [0.15, 0.2) is 23.7 Å². The molecule has 1 unspecified atom stereocenters. The van der Waals surface area contributed by atoms with Gasteiger partial charge in [-0.3, -0.25) is 19.2 Å². The van der Waals surface area contributed by atoms with Crippen molar-refractivity contribution in [3.05, 3.63) is 52.2 Å². The van der Waals surface area contributed by atoms with Gasteiger partial charge in [-0.05, 0) is 24.1 Å². The number of thioether (sulfide) groups is 1. The van der Waals surface area contributed by atoms with Gasteiger partial charge >= 0.3 is 23.9 Å². The van der Waals surface area contributed by atoms with Crippen LogP contribution in [0.5, 0.6) is 5.75 Å². The monoisotopic (exact) mass is 602 g/mol. The first-order chi connectivity index (χ1) is 20.0. The van der Waals surface area contributed by atoms with Gasteiger partial charge in [0.1, 0.15) is 18.5 Å². The summed E-state index contributed by atoms with van der Waals surface area (Å²) in [6, 6.07) is 9.63. The summed E-state index contributed by atoms with van der Waals surface area (Å²) in [6.45, 7) is 6.30. The van der Waals surface area contributed by atoms with E-state index in [1.165, 1.54) is 13.8 Å². The second-order valence-electron chi connectivity index (χ2n) is 9.46. The molecule has 1 fully saturated rings. The van der Waals surface area contributed by atoms with Crippen molar-refractivity contribution in [3.63, 3.8) is 0 Å². The molecule has 2 aliphatic rings. The smallest absolute Gasteiger partial charge is 0.303 e. The third kappa shape index (κ3) is 8.27. The highest BCUT2D eigenvalue weighted by Crippen LogP contribution is 2.42. The normalized spacial score (nSPS) is 25.2. The number of nitriles is 1. The van der Waals surface area contributed by atoms with Gasteiger partial charge in [0.25, 0.3) is 0 Å². The Morgan fingerprint density at radius 1 is 0.929 bits per heavy atom. The molecule has 0 amide bonds. The summed E-state index contributed by atoms with van der Waals surface area (Å²) in [4.78, 5) is 48.0. The predicted octanol–water partition coefficient (Wildman–Crippen LogP) is 3.23. The number of esters is 4. The molecule has 0 spiro atoms. The van der Waals surface area contributed by atoms with E-state index in [0.29, 0.717) is 22.8 Å². The minimum absolute atomic E-state index is 0.346. The number of methoxy groups -OCH3 is 1. The number of allylic oxidation sites excluding steroid dienone is 3. The van der Waals surface area contributed by atoms with Crippen molar-refractivity contribution in [2.45, 2.75) is 76.8 Å². The first kappa shape index (κ1) is 32.5. The summed E-state index contributed by atoms with van der Waals surface area (Å²) >= 11 is 1.05. The van der Waals surface area contributed by atoms with Crippen molar-refractivity contribution in [2.24, 2.45) is 0 Å². The summed E-state index contributed by atoms with van der Waals surface area (Å²) in [7, 11) is 1.57. The second kappa shape index (κ2) is 14.7. The maximum atomic E-state index is 12.2. The SMILES string of the molecule is CCC1=CC(c2ccc(OC)cc2)C(C#N)=C(S[C@@H]2O[C@H](COC(C)=O)[C@@H](OC(C)=O)[C@H](OC(C)=O)[C@H]2OC(C)=O)N1. The van der Waals surface area contributed by atoms with E-state index >= 15 is 0 Å². The molecule has 0 aromatic heterocycles. The largest absolute Gasteiger partial charge is 0.497 e. The summed E-state index contributed by atoms with van der Waals surface area (Å²) < 4.78 is 33.2. The number of nitrogens with zero attached hydrogens (tertiary/aromatic N) is 1. The van der Waals surface area contributed by atoms with Gasteiger partial charge in [-0.15, -0.1) is 0 Å². The summed E-state index contributed by atoms with van der Waals surface area (Å²) in [6.07, 6.45) is -2.37. The number of dihydropyridines is 1. The quantitative estimate of drug-likeness (QED) is 0.307. The summed E-state index contributed by atoms with van der Waals surface area (Å²) in [5.41, 5.74) is 0.974. The number of hydrogen-bond acceptors (Lipinski definition) is 13. The van der Waals surface area contributed by atoms with Crippen molar-refractivity contribution < 1.29 is 47.6 Å². The lowest BCUT2D eigenvalue weighted by atomic mass is 9.89. The van der Waals surface area contributed by atoms with E-state index in [9.17, 15) is 24.4 Å². The van der Waals surface area contributed by atoms with E-state index in [0.717, 1.165) is 36.9 Å². The maximum absolute atomic E-state index is 12.2. The Kier molecular flexibility index (Phi) is 11.4. The van der Waals surface area contributed by atoms with Crippen molar-refractivity contribution in [1.29, 1.82) is 5.26 Å². The van der Waals surface area contributed by atoms with Crippen LogP contribution in [0.1, 0.15) is 52.5 Å². The molecule has 13 heteroatoms. The minimum atomic E-state index is -1.31. The molecule has 226 valence electrons. The fraction of sp³-hybridized carbons (Fsp3) is 0.483. The van der Waals surface area contributed by atoms with E-state index in [4.69, 9.17) is 28.4 Å². The predicted molar refractivity (Wildman–Crippen MR) is 149 cm³/mol. The number of hydrogen-bond donors (Lipinski definition) is 1. The molecule has 42 heavy (non-hydrogen) atoms. The highest BCUT2D eigenvalue weighted by Gasteiger charge is 2.53. The van der Waals surface area contributed by atoms with Crippen molar-refractivity contribution in [1.82, 2.24) is 5.32 Å². The standard InChI is InChI=1S/C29H34N2O10S/c1-7-20-12-22(19-8-10-21(36-6)11-9-19)23(13-30)28(31-20)42-29-27(40-18(5)35)26(39-17(4)34)25(38-16(3)33)24(41-29)14-37-15(2)32/h8-12,22,24-27,29,31H,7,14H2,1-6H3/t22?,24-,25-,26+,27-,29+/m1/s1. The van der Waals surface area contributed by atoms with E-state index < -0.39 is 59.6 Å². The van der Waals surface area contributed by atoms with Crippen LogP contribution in [0.2, 0.25) is 0 Å². The fourth-order valence-corrected chi connectivity index (χ4v) is 5.84. The number of carbonyl (C=O) groups is 4. The highest BCUT2D eigenvalue weighted by molar-refractivity contribution is 8.03.